The summed E-state index contributed by atoms with van der Waals surface area (Å²) in [6.07, 6.45) is 3.33. The Morgan fingerprint density at radius 1 is 1.22 bits per heavy atom. The van der Waals surface area contributed by atoms with Gasteiger partial charge in [0.25, 0.3) is 5.91 Å². The lowest BCUT2D eigenvalue weighted by Crippen LogP contribution is -2.27. The predicted molar refractivity (Wildman–Crippen MR) is 71.3 cm³/mol. The van der Waals surface area contributed by atoms with Crippen LogP contribution in [0.15, 0.2) is 48.8 Å². The molecule has 18 heavy (non-hydrogen) atoms. The Balaban J connectivity index is 2.11. The highest BCUT2D eigenvalue weighted by Gasteiger charge is 2.12. The average Bonchev–Trinajstić information content (AvgIpc) is 2.40. The summed E-state index contributed by atoms with van der Waals surface area (Å²) < 4.78 is 0. The van der Waals surface area contributed by atoms with E-state index in [0.717, 1.165) is 11.1 Å². The summed E-state index contributed by atoms with van der Waals surface area (Å²) in [7, 11) is 0. The van der Waals surface area contributed by atoms with E-state index in [1.54, 1.807) is 18.5 Å². The minimum absolute atomic E-state index is 0.00809. The highest BCUT2D eigenvalue weighted by Crippen LogP contribution is 2.13. The summed E-state index contributed by atoms with van der Waals surface area (Å²) >= 11 is 0. The van der Waals surface area contributed by atoms with E-state index >= 15 is 0 Å². The van der Waals surface area contributed by atoms with Crippen molar-refractivity contribution in [1.29, 1.82) is 0 Å². The summed E-state index contributed by atoms with van der Waals surface area (Å²) in [5.41, 5.74) is 2.65. The van der Waals surface area contributed by atoms with Crippen molar-refractivity contribution in [3.63, 3.8) is 0 Å². The number of nitrogens with one attached hydrogen (secondary N) is 1. The Morgan fingerprint density at radius 3 is 2.61 bits per heavy atom. The molecule has 2 aromatic rings. The van der Waals surface area contributed by atoms with Gasteiger partial charge in [-0.15, -0.1) is 0 Å². The second-order valence-electron chi connectivity index (χ2n) is 4.30. The molecule has 0 aliphatic rings. The third-order valence-corrected chi connectivity index (χ3v) is 2.91. The van der Waals surface area contributed by atoms with E-state index in [0.29, 0.717) is 5.56 Å². The van der Waals surface area contributed by atoms with Crippen molar-refractivity contribution < 1.29 is 4.79 Å². The van der Waals surface area contributed by atoms with E-state index in [2.05, 4.69) is 10.3 Å². The molecule has 1 amide bonds. The largest absolute Gasteiger partial charge is 0.346 e. The van der Waals surface area contributed by atoms with Crippen LogP contribution in [-0.2, 0) is 0 Å². The molecule has 2 rings (SSSR count). The second kappa shape index (κ2) is 5.45. The first-order valence-electron chi connectivity index (χ1n) is 5.95. The standard InChI is InChI=1S/C15H16N2O/c1-11-10-16-9-8-14(11)15(18)17-12(2)13-6-4-3-5-7-13/h3-10,12H,1-2H3,(H,17,18). The van der Waals surface area contributed by atoms with Gasteiger partial charge in [-0.1, -0.05) is 30.3 Å². The number of aromatic nitrogens is 1. The maximum atomic E-state index is 12.1. The number of hydrogen-bond donors (Lipinski definition) is 1. The summed E-state index contributed by atoms with van der Waals surface area (Å²) in [4.78, 5) is 16.1. The van der Waals surface area contributed by atoms with Crippen molar-refractivity contribution in [1.82, 2.24) is 10.3 Å². The van der Waals surface area contributed by atoms with Crippen LogP contribution in [0.3, 0.4) is 0 Å². The van der Waals surface area contributed by atoms with E-state index in [1.165, 1.54) is 0 Å². The zero-order valence-electron chi connectivity index (χ0n) is 10.6. The molecule has 1 aromatic heterocycles. The number of carbonyl (C=O) groups excluding carboxylic acids is 1. The molecule has 0 aliphatic carbocycles. The zero-order chi connectivity index (χ0) is 13.0. The smallest absolute Gasteiger partial charge is 0.252 e. The Hall–Kier alpha value is -2.16. The summed E-state index contributed by atoms with van der Waals surface area (Å²) in [5, 5.41) is 2.99. The van der Waals surface area contributed by atoms with Crippen LogP contribution in [0.25, 0.3) is 0 Å². The fourth-order valence-corrected chi connectivity index (χ4v) is 1.83. The van der Waals surface area contributed by atoms with Crippen molar-refractivity contribution in [2.45, 2.75) is 19.9 Å². The van der Waals surface area contributed by atoms with Crippen LogP contribution in [0.1, 0.15) is 34.5 Å². The van der Waals surface area contributed by atoms with Gasteiger partial charge in [0.15, 0.2) is 0 Å². The lowest BCUT2D eigenvalue weighted by atomic mass is 10.1. The number of benzene rings is 1. The number of amides is 1. The molecule has 1 N–H and O–H groups in total. The Kier molecular flexibility index (Phi) is 3.72. The fourth-order valence-electron chi connectivity index (χ4n) is 1.83. The van der Waals surface area contributed by atoms with Gasteiger partial charge in [0.1, 0.15) is 0 Å². The molecule has 3 heteroatoms. The molecule has 0 saturated heterocycles. The molecular weight excluding hydrogens is 224 g/mol. The van der Waals surface area contributed by atoms with Gasteiger partial charge in [0, 0.05) is 18.0 Å². The van der Waals surface area contributed by atoms with Crippen molar-refractivity contribution in [3.05, 3.63) is 65.5 Å². The van der Waals surface area contributed by atoms with Crippen LogP contribution in [-0.4, -0.2) is 10.9 Å². The third-order valence-electron chi connectivity index (χ3n) is 2.91. The van der Waals surface area contributed by atoms with E-state index < -0.39 is 0 Å². The van der Waals surface area contributed by atoms with E-state index in [4.69, 9.17) is 0 Å². The molecule has 0 radical (unpaired) electrons. The quantitative estimate of drug-likeness (QED) is 0.896. The van der Waals surface area contributed by atoms with Crippen molar-refractivity contribution >= 4 is 5.91 Å². The van der Waals surface area contributed by atoms with Crippen molar-refractivity contribution in [2.75, 3.05) is 0 Å². The number of pyridine rings is 1. The lowest BCUT2D eigenvalue weighted by molar-refractivity contribution is 0.0939. The topological polar surface area (TPSA) is 42.0 Å². The Labute approximate surface area is 107 Å². The number of aryl methyl sites for hydroxylation is 1. The highest BCUT2D eigenvalue weighted by molar-refractivity contribution is 5.95. The van der Waals surface area contributed by atoms with Gasteiger partial charge in [-0.25, -0.2) is 0 Å². The molecule has 0 aliphatic heterocycles. The average molecular weight is 240 g/mol. The zero-order valence-corrected chi connectivity index (χ0v) is 10.6. The van der Waals surface area contributed by atoms with Crippen molar-refractivity contribution in [3.8, 4) is 0 Å². The molecule has 92 valence electrons. The third kappa shape index (κ3) is 2.74. The van der Waals surface area contributed by atoms with E-state index in [9.17, 15) is 4.79 Å². The SMILES string of the molecule is Cc1cnccc1C(=O)NC(C)c1ccccc1. The number of hydrogen-bond acceptors (Lipinski definition) is 2. The van der Waals surface area contributed by atoms with Crippen LogP contribution in [0, 0.1) is 6.92 Å². The first-order chi connectivity index (χ1) is 8.68. The van der Waals surface area contributed by atoms with Crippen LogP contribution in [0.2, 0.25) is 0 Å². The molecule has 3 nitrogen and oxygen atoms in total. The first-order valence-corrected chi connectivity index (χ1v) is 5.95. The summed E-state index contributed by atoms with van der Waals surface area (Å²) in [5.74, 6) is -0.0637. The monoisotopic (exact) mass is 240 g/mol. The molecule has 1 aromatic carbocycles. The van der Waals surface area contributed by atoms with Gasteiger partial charge in [-0.2, -0.15) is 0 Å². The summed E-state index contributed by atoms with van der Waals surface area (Å²) in [6.45, 7) is 3.86. The normalized spacial score (nSPS) is 11.9. The van der Waals surface area contributed by atoms with Crippen LogP contribution < -0.4 is 5.32 Å². The first kappa shape index (κ1) is 12.3. The maximum Gasteiger partial charge on any atom is 0.252 e. The number of nitrogens with zero attached hydrogens (tertiary/aromatic N) is 1. The fraction of sp³-hybridized carbons (Fsp3) is 0.200. The Morgan fingerprint density at radius 2 is 1.94 bits per heavy atom. The van der Waals surface area contributed by atoms with E-state index in [1.807, 2.05) is 44.2 Å². The molecule has 0 bridgehead atoms. The molecule has 1 heterocycles. The molecule has 0 spiro atoms. The molecule has 1 unspecified atom stereocenters. The number of rotatable bonds is 3. The minimum Gasteiger partial charge on any atom is -0.346 e. The van der Waals surface area contributed by atoms with Gasteiger partial charge < -0.3 is 5.32 Å². The molecule has 1 atom stereocenters. The van der Waals surface area contributed by atoms with Gasteiger partial charge in [0.2, 0.25) is 0 Å². The lowest BCUT2D eigenvalue weighted by Gasteiger charge is -2.15. The van der Waals surface area contributed by atoms with Crippen LogP contribution in [0.5, 0.6) is 0 Å². The van der Waals surface area contributed by atoms with E-state index in [-0.39, 0.29) is 11.9 Å². The number of carbonyl (C=O) groups is 1. The van der Waals surface area contributed by atoms with Gasteiger partial charge in [-0.3, -0.25) is 9.78 Å². The van der Waals surface area contributed by atoms with Crippen molar-refractivity contribution in [2.24, 2.45) is 0 Å². The van der Waals surface area contributed by atoms with Crippen LogP contribution >= 0.6 is 0 Å². The Bertz CT molecular complexity index is 537. The summed E-state index contributed by atoms with van der Waals surface area (Å²) in [6, 6.07) is 11.6. The minimum atomic E-state index is -0.0637. The molecule has 0 saturated carbocycles. The predicted octanol–water partition coefficient (Wildman–Crippen LogP) is 2.88. The van der Waals surface area contributed by atoms with Crippen LogP contribution in [0.4, 0.5) is 0 Å². The van der Waals surface area contributed by atoms with Gasteiger partial charge in [0.05, 0.1) is 6.04 Å². The van der Waals surface area contributed by atoms with Gasteiger partial charge in [-0.05, 0) is 31.0 Å². The molecular formula is C15H16N2O. The highest BCUT2D eigenvalue weighted by atomic mass is 16.1. The van der Waals surface area contributed by atoms with Gasteiger partial charge >= 0.3 is 0 Å². The second-order valence-corrected chi connectivity index (χ2v) is 4.30. The molecule has 0 fully saturated rings. The maximum absolute atomic E-state index is 12.1.